The molecule has 1 aromatic carbocycles. The molecule has 0 atom stereocenters. The predicted octanol–water partition coefficient (Wildman–Crippen LogP) is 2.97. The predicted molar refractivity (Wildman–Crippen MR) is 86.2 cm³/mol. The van der Waals surface area contributed by atoms with E-state index in [1.165, 1.54) is 0 Å². The highest BCUT2D eigenvalue weighted by molar-refractivity contribution is 6.31. The van der Waals surface area contributed by atoms with Gasteiger partial charge in [-0.25, -0.2) is 0 Å². The van der Waals surface area contributed by atoms with Crippen LogP contribution in [0.5, 0.6) is 0 Å². The van der Waals surface area contributed by atoms with E-state index >= 15 is 0 Å². The van der Waals surface area contributed by atoms with Crippen molar-refractivity contribution in [3.63, 3.8) is 0 Å². The summed E-state index contributed by atoms with van der Waals surface area (Å²) in [7, 11) is 0. The summed E-state index contributed by atoms with van der Waals surface area (Å²) < 4.78 is 1.81. The number of aromatic amines is 1. The zero-order chi connectivity index (χ0) is 15.1. The van der Waals surface area contributed by atoms with Crippen molar-refractivity contribution in [3.05, 3.63) is 69.9 Å². The molecule has 0 aliphatic rings. The van der Waals surface area contributed by atoms with Crippen LogP contribution < -0.4 is 5.56 Å². The van der Waals surface area contributed by atoms with Crippen LogP contribution in [0.2, 0.25) is 5.02 Å². The number of pyridine rings is 2. The molecule has 3 heterocycles. The number of nitrogens with one attached hydrogen (secondary N) is 1. The van der Waals surface area contributed by atoms with Gasteiger partial charge >= 0.3 is 0 Å². The Morgan fingerprint density at radius 1 is 1.18 bits per heavy atom. The van der Waals surface area contributed by atoms with Gasteiger partial charge in [0.25, 0.3) is 5.56 Å². The third kappa shape index (κ3) is 2.16. The van der Waals surface area contributed by atoms with Gasteiger partial charge in [0.05, 0.1) is 34.2 Å². The average Bonchev–Trinajstić information content (AvgIpc) is 2.91. The molecule has 0 fully saturated rings. The number of hydrogen-bond acceptors (Lipinski definition) is 3. The highest BCUT2D eigenvalue weighted by Crippen LogP contribution is 2.19. The normalized spacial score (nSPS) is 11.3. The minimum Gasteiger partial charge on any atom is -0.328 e. The Morgan fingerprint density at radius 2 is 2.09 bits per heavy atom. The molecule has 5 nitrogen and oxygen atoms in total. The van der Waals surface area contributed by atoms with Crippen LogP contribution in [0.1, 0.15) is 5.56 Å². The molecule has 0 amide bonds. The average molecular weight is 311 g/mol. The van der Waals surface area contributed by atoms with E-state index < -0.39 is 0 Å². The molecular formula is C16H11ClN4O. The van der Waals surface area contributed by atoms with Crippen molar-refractivity contribution in [3.8, 4) is 0 Å². The van der Waals surface area contributed by atoms with Gasteiger partial charge < -0.3 is 4.98 Å². The Balaban J connectivity index is 1.79. The summed E-state index contributed by atoms with van der Waals surface area (Å²) in [5.41, 5.74) is 2.66. The van der Waals surface area contributed by atoms with E-state index in [0.717, 1.165) is 22.0 Å². The Kier molecular flexibility index (Phi) is 2.94. The van der Waals surface area contributed by atoms with Crippen molar-refractivity contribution in [2.45, 2.75) is 6.54 Å². The zero-order valence-corrected chi connectivity index (χ0v) is 12.2. The van der Waals surface area contributed by atoms with Crippen molar-refractivity contribution in [1.82, 2.24) is 19.7 Å². The molecule has 0 bridgehead atoms. The number of nitrogens with zero attached hydrogens (tertiary/aromatic N) is 3. The summed E-state index contributed by atoms with van der Waals surface area (Å²) in [5, 5.41) is 6.49. The fourth-order valence-electron chi connectivity index (χ4n) is 2.57. The lowest BCUT2D eigenvalue weighted by Crippen LogP contribution is -2.05. The molecule has 0 aliphatic heterocycles. The SMILES string of the molecule is O=c1[nH]ccc2c1cnn2Cc1ccc2ncc(Cl)cc2c1. The Labute approximate surface area is 130 Å². The number of benzene rings is 1. The maximum atomic E-state index is 11.7. The fraction of sp³-hybridized carbons (Fsp3) is 0.0625. The molecule has 108 valence electrons. The summed E-state index contributed by atoms with van der Waals surface area (Å²) in [6.07, 6.45) is 4.86. The van der Waals surface area contributed by atoms with E-state index in [2.05, 4.69) is 15.1 Å². The van der Waals surface area contributed by atoms with Crippen molar-refractivity contribution in [2.24, 2.45) is 0 Å². The van der Waals surface area contributed by atoms with E-state index in [0.29, 0.717) is 17.0 Å². The number of aromatic nitrogens is 4. The van der Waals surface area contributed by atoms with E-state index in [1.54, 1.807) is 18.6 Å². The van der Waals surface area contributed by atoms with E-state index in [1.807, 2.05) is 35.0 Å². The van der Waals surface area contributed by atoms with Gasteiger partial charge in [0.2, 0.25) is 0 Å². The summed E-state index contributed by atoms with van der Waals surface area (Å²) >= 11 is 5.99. The van der Waals surface area contributed by atoms with Gasteiger partial charge in [-0.3, -0.25) is 14.5 Å². The second-order valence-electron chi connectivity index (χ2n) is 5.09. The van der Waals surface area contributed by atoms with Gasteiger partial charge in [-0.15, -0.1) is 0 Å². The molecule has 0 radical (unpaired) electrons. The van der Waals surface area contributed by atoms with Gasteiger partial charge in [0.1, 0.15) is 0 Å². The first kappa shape index (κ1) is 13.0. The third-order valence-electron chi connectivity index (χ3n) is 3.63. The smallest absolute Gasteiger partial charge is 0.259 e. The van der Waals surface area contributed by atoms with Gasteiger partial charge in [-0.2, -0.15) is 5.10 Å². The maximum absolute atomic E-state index is 11.7. The summed E-state index contributed by atoms with van der Waals surface area (Å²) in [5.74, 6) is 0. The number of rotatable bonds is 2. The van der Waals surface area contributed by atoms with Gasteiger partial charge in [0.15, 0.2) is 0 Å². The molecule has 1 N–H and O–H groups in total. The summed E-state index contributed by atoms with van der Waals surface area (Å²) in [4.78, 5) is 18.7. The molecule has 0 saturated heterocycles. The number of hydrogen-bond donors (Lipinski definition) is 1. The molecule has 4 rings (SSSR count). The topological polar surface area (TPSA) is 63.6 Å². The van der Waals surface area contributed by atoms with Crippen LogP contribution in [0.3, 0.4) is 0 Å². The van der Waals surface area contributed by atoms with Crippen LogP contribution in [0.15, 0.2) is 53.7 Å². The molecule has 0 aliphatic carbocycles. The first-order chi connectivity index (χ1) is 10.7. The molecule has 0 spiro atoms. The first-order valence-corrected chi connectivity index (χ1v) is 7.16. The first-order valence-electron chi connectivity index (χ1n) is 6.78. The largest absolute Gasteiger partial charge is 0.328 e. The molecule has 3 aromatic heterocycles. The monoisotopic (exact) mass is 310 g/mol. The van der Waals surface area contributed by atoms with Crippen molar-refractivity contribution < 1.29 is 0 Å². The standard InChI is InChI=1S/C16H11ClN4O/c17-12-6-11-5-10(1-2-14(11)19-7-12)9-21-15-3-4-18-16(22)13(15)8-20-21/h1-8H,9H2,(H,18,22). The van der Waals surface area contributed by atoms with Crippen LogP contribution in [-0.4, -0.2) is 19.7 Å². The lowest BCUT2D eigenvalue weighted by atomic mass is 10.1. The molecule has 0 unspecified atom stereocenters. The molecular weight excluding hydrogens is 300 g/mol. The number of H-pyrrole nitrogens is 1. The minimum atomic E-state index is -0.127. The lowest BCUT2D eigenvalue weighted by molar-refractivity contribution is 0.712. The highest BCUT2D eigenvalue weighted by Gasteiger charge is 2.06. The van der Waals surface area contributed by atoms with Crippen LogP contribution in [0.25, 0.3) is 21.8 Å². The fourth-order valence-corrected chi connectivity index (χ4v) is 2.74. The van der Waals surface area contributed by atoms with Gasteiger partial charge in [-0.1, -0.05) is 17.7 Å². The van der Waals surface area contributed by atoms with E-state index in [4.69, 9.17) is 11.6 Å². The summed E-state index contributed by atoms with van der Waals surface area (Å²) in [6.45, 7) is 0.579. The van der Waals surface area contributed by atoms with Crippen LogP contribution >= 0.6 is 11.6 Å². The highest BCUT2D eigenvalue weighted by atomic mass is 35.5. The molecule has 4 aromatic rings. The number of halogens is 1. The Bertz CT molecular complexity index is 1050. The van der Waals surface area contributed by atoms with Gasteiger partial charge in [0, 0.05) is 17.8 Å². The minimum absolute atomic E-state index is 0.127. The Morgan fingerprint density at radius 3 is 3.00 bits per heavy atom. The van der Waals surface area contributed by atoms with Crippen molar-refractivity contribution in [2.75, 3.05) is 0 Å². The van der Waals surface area contributed by atoms with Crippen LogP contribution in [-0.2, 0) is 6.54 Å². The van der Waals surface area contributed by atoms with Gasteiger partial charge in [-0.05, 0) is 29.8 Å². The third-order valence-corrected chi connectivity index (χ3v) is 3.83. The second-order valence-corrected chi connectivity index (χ2v) is 5.52. The molecule has 0 saturated carbocycles. The van der Waals surface area contributed by atoms with E-state index in [9.17, 15) is 4.79 Å². The van der Waals surface area contributed by atoms with Crippen molar-refractivity contribution >= 4 is 33.4 Å². The second kappa shape index (κ2) is 4.96. The summed E-state index contributed by atoms with van der Waals surface area (Å²) in [6, 6.07) is 9.74. The Hall–Kier alpha value is -2.66. The van der Waals surface area contributed by atoms with E-state index in [-0.39, 0.29) is 5.56 Å². The van der Waals surface area contributed by atoms with Crippen molar-refractivity contribution in [1.29, 1.82) is 0 Å². The quantitative estimate of drug-likeness (QED) is 0.619. The van der Waals surface area contributed by atoms with Crippen LogP contribution in [0.4, 0.5) is 0 Å². The molecule has 22 heavy (non-hydrogen) atoms. The molecule has 6 heteroatoms. The number of fused-ring (bicyclic) bond motifs is 2. The lowest BCUT2D eigenvalue weighted by Gasteiger charge is -2.05. The van der Waals surface area contributed by atoms with Crippen LogP contribution in [0, 0.1) is 0 Å². The maximum Gasteiger partial charge on any atom is 0.259 e. The zero-order valence-electron chi connectivity index (χ0n) is 11.5.